The van der Waals surface area contributed by atoms with Crippen molar-refractivity contribution in [3.8, 4) is 0 Å². The molecule has 1 atom stereocenters. The fraction of sp³-hybridized carbons (Fsp3) is 0.571. The molecule has 2 aliphatic heterocycles. The van der Waals surface area contributed by atoms with Crippen LogP contribution < -0.4 is 5.32 Å². The maximum Gasteiger partial charge on any atom is 0.151 e. The van der Waals surface area contributed by atoms with Gasteiger partial charge in [-0.3, -0.25) is 4.90 Å². The predicted octanol–water partition coefficient (Wildman–Crippen LogP) is 1.70. The second-order valence-electron chi connectivity index (χ2n) is 5.60. The van der Waals surface area contributed by atoms with Gasteiger partial charge in [-0.2, -0.15) is 0 Å². The highest BCUT2D eigenvalue weighted by molar-refractivity contribution is 7.91. The molecule has 112 valence electrons. The molecule has 0 amide bonds. The molecule has 2 aliphatic rings. The van der Waals surface area contributed by atoms with Gasteiger partial charge in [0.1, 0.15) is 0 Å². The van der Waals surface area contributed by atoms with E-state index in [-0.39, 0.29) is 17.7 Å². The molecule has 0 spiro atoms. The molecule has 1 saturated heterocycles. The minimum Gasteiger partial charge on any atom is -0.384 e. The van der Waals surface area contributed by atoms with Crippen molar-refractivity contribution in [2.75, 3.05) is 31.2 Å². The lowest BCUT2D eigenvalue weighted by Crippen LogP contribution is -2.26. The molecule has 1 aromatic carbocycles. The van der Waals surface area contributed by atoms with E-state index in [4.69, 9.17) is 0 Å². The summed E-state index contributed by atoms with van der Waals surface area (Å²) in [5.74, 6) is 0. The van der Waals surface area contributed by atoms with Crippen LogP contribution in [0.3, 0.4) is 0 Å². The molecule has 0 radical (unpaired) electrons. The predicted molar refractivity (Wildman–Crippen MR) is 84.4 cm³/mol. The third-order valence-electron chi connectivity index (χ3n) is 4.16. The Labute approximate surface area is 126 Å². The lowest BCUT2D eigenvalue weighted by Gasteiger charge is -2.18. The topological polar surface area (TPSA) is 49.4 Å². The Balaban J connectivity index is 0.00000147. The Bertz CT molecular complexity index is 589. The first-order valence-corrected chi connectivity index (χ1v) is 8.75. The summed E-state index contributed by atoms with van der Waals surface area (Å²) in [7, 11) is -2.90. The molecule has 1 fully saturated rings. The maximum atomic E-state index is 11.6. The van der Waals surface area contributed by atoms with Gasteiger partial charge in [-0.1, -0.05) is 18.2 Å². The molecule has 4 nitrogen and oxygen atoms in total. The first-order valence-electron chi connectivity index (χ1n) is 6.80. The second-order valence-corrected chi connectivity index (χ2v) is 7.93. The van der Waals surface area contributed by atoms with Gasteiger partial charge in [-0.15, -0.1) is 12.4 Å². The van der Waals surface area contributed by atoms with Crippen molar-refractivity contribution in [2.24, 2.45) is 0 Å². The van der Waals surface area contributed by atoms with E-state index in [1.54, 1.807) is 0 Å². The monoisotopic (exact) mass is 316 g/mol. The van der Waals surface area contributed by atoms with Crippen LogP contribution in [0.25, 0.3) is 0 Å². The van der Waals surface area contributed by atoms with E-state index >= 15 is 0 Å². The van der Waals surface area contributed by atoms with Gasteiger partial charge < -0.3 is 5.32 Å². The van der Waals surface area contributed by atoms with Gasteiger partial charge in [0.05, 0.1) is 5.25 Å². The summed E-state index contributed by atoms with van der Waals surface area (Å²) in [4.78, 5) is 2.25. The number of para-hydroxylation sites is 1. The van der Waals surface area contributed by atoms with Crippen LogP contribution in [0.4, 0.5) is 5.69 Å². The fourth-order valence-corrected chi connectivity index (χ4v) is 4.09. The SMILES string of the molecule is CS(=O)(=O)C1CCN(Cc2cccc3c2NCC3)C1.Cl. The van der Waals surface area contributed by atoms with Crippen molar-refractivity contribution in [1.29, 1.82) is 0 Å². The average Bonchev–Trinajstić information content (AvgIpc) is 2.96. The number of benzene rings is 1. The molecule has 6 heteroatoms. The zero-order chi connectivity index (χ0) is 13.5. The summed E-state index contributed by atoms with van der Waals surface area (Å²) in [6, 6.07) is 6.42. The highest BCUT2D eigenvalue weighted by Crippen LogP contribution is 2.28. The van der Waals surface area contributed by atoms with Gasteiger partial charge >= 0.3 is 0 Å². The first-order chi connectivity index (χ1) is 9.04. The smallest absolute Gasteiger partial charge is 0.151 e. The van der Waals surface area contributed by atoms with E-state index in [1.807, 2.05) is 0 Å². The highest BCUT2D eigenvalue weighted by atomic mass is 35.5. The highest BCUT2D eigenvalue weighted by Gasteiger charge is 2.30. The molecular formula is C14H21ClN2O2S. The molecule has 1 unspecified atom stereocenters. The number of halogens is 1. The molecule has 0 aliphatic carbocycles. The second kappa shape index (κ2) is 5.92. The summed E-state index contributed by atoms with van der Waals surface area (Å²) in [5.41, 5.74) is 3.95. The molecule has 1 N–H and O–H groups in total. The van der Waals surface area contributed by atoms with Gasteiger partial charge in [0.25, 0.3) is 0 Å². The lowest BCUT2D eigenvalue weighted by molar-refractivity contribution is 0.332. The van der Waals surface area contributed by atoms with Gasteiger partial charge in [0.2, 0.25) is 0 Å². The zero-order valence-corrected chi connectivity index (χ0v) is 13.3. The Hall–Kier alpha value is -0.780. The van der Waals surface area contributed by atoms with Crippen LogP contribution in [0.2, 0.25) is 0 Å². The number of anilines is 1. The van der Waals surface area contributed by atoms with E-state index in [2.05, 4.69) is 28.4 Å². The van der Waals surface area contributed by atoms with E-state index in [0.717, 1.165) is 32.5 Å². The summed E-state index contributed by atoms with van der Waals surface area (Å²) in [6.45, 7) is 3.41. The van der Waals surface area contributed by atoms with Crippen LogP contribution >= 0.6 is 12.4 Å². The number of likely N-dealkylation sites (tertiary alicyclic amines) is 1. The number of hydrogen-bond donors (Lipinski definition) is 1. The van der Waals surface area contributed by atoms with Crippen molar-refractivity contribution < 1.29 is 8.42 Å². The van der Waals surface area contributed by atoms with Crippen molar-refractivity contribution in [3.05, 3.63) is 29.3 Å². The van der Waals surface area contributed by atoms with Gasteiger partial charge in [0, 0.05) is 31.6 Å². The van der Waals surface area contributed by atoms with Crippen molar-refractivity contribution >= 4 is 27.9 Å². The minimum absolute atomic E-state index is 0. The number of nitrogens with zero attached hydrogens (tertiary/aromatic N) is 1. The molecule has 0 bridgehead atoms. The quantitative estimate of drug-likeness (QED) is 0.922. The first kappa shape index (κ1) is 15.6. The van der Waals surface area contributed by atoms with Crippen LogP contribution in [0, 0.1) is 0 Å². The lowest BCUT2D eigenvalue weighted by atomic mass is 10.1. The normalized spacial score (nSPS) is 22.1. The van der Waals surface area contributed by atoms with Crippen LogP contribution in [0.1, 0.15) is 17.5 Å². The van der Waals surface area contributed by atoms with E-state index in [9.17, 15) is 8.42 Å². The summed E-state index contributed by atoms with van der Waals surface area (Å²) in [5, 5.41) is 3.26. The van der Waals surface area contributed by atoms with Crippen LogP contribution in [0.15, 0.2) is 18.2 Å². The maximum absolute atomic E-state index is 11.6. The van der Waals surface area contributed by atoms with E-state index < -0.39 is 9.84 Å². The standard InChI is InChI=1S/C14H20N2O2S.ClH/c1-19(17,18)13-6-8-16(10-13)9-12-4-2-3-11-5-7-15-14(11)12;/h2-4,13,15H,5-10H2,1H3;1H. The third-order valence-corrected chi connectivity index (χ3v) is 5.76. The number of hydrogen-bond acceptors (Lipinski definition) is 4. The molecule has 20 heavy (non-hydrogen) atoms. The molecule has 0 saturated carbocycles. The minimum atomic E-state index is -2.90. The van der Waals surface area contributed by atoms with Gasteiger partial charge in [0.15, 0.2) is 9.84 Å². The molecule has 1 aromatic rings. The summed E-state index contributed by atoms with van der Waals surface area (Å²) >= 11 is 0. The van der Waals surface area contributed by atoms with Crippen molar-refractivity contribution in [3.63, 3.8) is 0 Å². The van der Waals surface area contributed by atoms with Crippen molar-refractivity contribution in [2.45, 2.75) is 24.6 Å². The number of nitrogens with one attached hydrogen (secondary N) is 1. The Morgan fingerprint density at radius 3 is 2.90 bits per heavy atom. The largest absolute Gasteiger partial charge is 0.384 e. The Morgan fingerprint density at radius 1 is 1.40 bits per heavy atom. The van der Waals surface area contributed by atoms with Crippen molar-refractivity contribution in [1.82, 2.24) is 4.90 Å². The van der Waals surface area contributed by atoms with Gasteiger partial charge in [-0.25, -0.2) is 8.42 Å². The Kier molecular flexibility index (Phi) is 4.62. The molecular weight excluding hydrogens is 296 g/mol. The number of rotatable bonds is 3. The number of sulfone groups is 1. The van der Waals surface area contributed by atoms with Gasteiger partial charge in [-0.05, 0) is 30.5 Å². The summed E-state index contributed by atoms with van der Waals surface area (Å²) in [6.07, 6.45) is 3.21. The molecule has 0 aromatic heterocycles. The summed E-state index contributed by atoms with van der Waals surface area (Å²) < 4.78 is 23.2. The molecule has 2 heterocycles. The van der Waals surface area contributed by atoms with Crippen LogP contribution in [-0.4, -0.2) is 44.5 Å². The zero-order valence-electron chi connectivity index (χ0n) is 11.6. The average molecular weight is 317 g/mol. The fourth-order valence-electron chi connectivity index (χ4n) is 3.07. The number of fused-ring (bicyclic) bond motifs is 1. The molecule has 3 rings (SSSR count). The van der Waals surface area contributed by atoms with Crippen LogP contribution in [0.5, 0.6) is 0 Å². The van der Waals surface area contributed by atoms with E-state index in [0.29, 0.717) is 6.54 Å². The van der Waals surface area contributed by atoms with Crippen LogP contribution in [-0.2, 0) is 22.8 Å². The Morgan fingerprint density at radius 2 is 2.20 bits per heavy atom. The van der Waals surface area contributed by atoms with E-state index in [1.165, 1.54) is 23.1 Å². The third kappa shape index (κ3) is 3.10.